The van der Waals surface area contributed by atoms with Crippen molar-refractivity contribution in [3.63, 3.8) is 0 Å². The van der Waals surface area contributed by atoms with E-state index >= 15 is 0 Å². The van der Waals surface area contributed by atoms with Crippen molar-refractivity contribution in [1.29, 1.82) is 0 Å². The lowest BCUT2D eigenvalue weighted by Gasteiger charge is -2.11. The van der Waals surface area contributed by atoms with Crippen molar-refractivity contribution in [2.24, 2.45) is 10.9 Å². The number of pyridine rings is 2. The molecule has 0 saturated heterocycles. The van der Waals surface area contributed by atoms with E-state index < -0.39 is 0 Å². The second-order valence-electron chi connectivity index (χ2n) is 10.1. The summed E-state index contributed by atoms with van der Waals surface area (Å²) in [5.74, 6) is 1.50. The zero-order valence-electron chi connectivity index (χ0n) is 22.1. The van der Waals surface area contributed by atoms with Crippen LogP contribution in [0, 0.1) is 5.92 Å². The van der Waals surface area contributed by atoms with Crippen molar-refractivity contribution in [3.05, 3.63) is 78.9 Å². The first kappa shape index (κ1) is 24.9. The maximum absolute atomic E-state index is 4.93. The van der Waals surface area contributed by atoms with Crippen LogP contribution < -0.4 is 5.32 Å². The van der Waals surface area contributed by atoms with E-state index in [-0.39, 0.29) is 0 Å². The second-order valence-corrected chi connectivity index (χ2v) is 10.1. The molecule has 0 amide bonds. The van der Waals surface area contributed by atoms with Gasteiger partial charge in [-0.05, 0) is 66.3 Å². The van der Waals surface area contributed by atoms with Crippen LogP contribution in [0.5, 0.6) is 0 Å². The van der Waals surface area contributed by atoms with Crippen LogP contribution in [0.25, 0.3) is 50.2 Å². The number of H-pyrrole nitrogens is 2. The number of fused-ring (bicyclic) bond motifs is 2. The van der Waals surface area contributed by atoms with Crippen LogP contribution in [-0.2, 0) is 6.54 Å². The maximum atomic E-state index is 4.93. The number of aromatic nitrogens is 6. The number of aliphatic imine (C=N–C) groups is 1. The molecule has 1 aliphatic rings. The molecule has 6 rings (SSSR count). The standard InChI is InChI=1S/C31H32N8/c1-3-22(10-11-32-2)26-18-35-19-28-29(26)37-31(36-28)30-25-13-23(8-9-27(25)38-39-30)24-12-21(16-34-17-24)15-33-14-20-6-4-5-7-20/h3,8-13,16-20,33H,1,4-7,14-15H2,2H3,(H,36,37)(H,38,39)/b22-10+,32-11?. The molecule has 0 bridgehead atoms. The molecule has 1 fully saturated rings. The van der Waals surface area contributed by atoms with Crippen LogP contribution in [0.2, 0.25) is 0 Å². The molecule has 5 aromatic rings. The third-order valence-electron chi connectivity index (χ3n) is 7.48. The van der Waals surface area contributed by atoms with E-state index in [1.165, 1.54) is 31.2 Å². The lowest BCUT2D eigenvalue weighted by molar-refractivity contribution is 0.489. The van der Waals surface area contributed by atoms with Gasteiger partial charge in [0.15, 0.2) is 5.82 Å². The SMILES string of the molecule is C=C/C(=C\C=NC)c1cncc2[nH]c(-c3n[nH]c4ccc(-c5cncc(CNCC6CCCC6)c5)cc34)nc12. The molecule has 0 unspecified atom stereocenters. The molecule has 39 heavy (non-hydrogen) atoms. The lowest BCUT2D eigenvalue weighted by Crippen LogP contribution is -2.20. The first-order valence-electron chi connectivity index (χ1n) is 13.5. The van der Waals surface area contributed by atoms with Crippen molar-refractivity contribution in [1.82, 2.24) is 35.5 Å². The minimum atomic E-state index is 0.679. The molecule has 1 saturated carbocycles. The van der Waals surface area contributed by atoms with E-state index in [1.54, 1.807) is 31.7 Å². The third-order valence-corrected chi connectivity index (χ3v) is 7.48. The molecule has 4 heterocycles. The summed E-state index contributed by atoms with van der Waals surface area (Å²) in [6, 6.07) is 8.54. The molecule has 0 aliphatic heterocycles. The molecule has 1 aliphatic carbocycles. The summed E-state index contributed by atoms with van der Waals surface area (Å²) in [7, 11) is 1.74. The molecule has 196 valence electrons. The minimum Gasteiger partial charge on any atom is -0.335 e. The highest BCUT2D eigenvalue weighted by molar-refractivity contribution is 5.99. The molecule has 0 spiro atoms. The average Bonchev–Trinajstić information content (AvgIpc) is 3.73. The first-order chi connectivity index (χ1) is 19.2. The van der Waals surface area contributed by atoms with Gasteiger partial charge in [-0.3, -0.25) is 20.1 Å². The maximum Gasteiger partial charge on any atom is 0.159 e. The highest BCUT2D eigenvalue weighted by Crippen LogP contribution is 2.32. The number of hydrogen-bond acceptors (Lipinski definition) is 6. The van der Waals surface area contributed by atoms with Gasteiger partial charge < -0.3 is 10.3 Å². The normalized spacial score (nSPS) is 14.7. The topological polar surface area (TPSA) is 108 Å². The molecule has 4 aromatic heterocycles. The van der Waals surface area contributed by atoms with Gasteiger partial charge in [-0.25, -0.2) is 4.98 Å². The Kier molecular flexibility index (Phi) is 7.10. The number of aromatic amines is 2. The summed E-state index contributed by atoms with van der Waals surface area (Å²) in [5.41, 5.74) is 8.49. The van der Waals surface area contributed by atoms with Gasteiger partial charge in [0.05, 0.1) is 22.7 Å². The first-order valence-corrected chi connectivity index (χ1v) is 13.5. The van der Waals surface area contributed by atoms with Gasteiger partial charge >= 0.3 is 0 Å². The van der Waals surface area contributed by atoms with Crippen LogP contribution >= 0.6 is 0 Å². The van der Waals surface area contributed by atoms with Gasteiger partial charge in [0.1, 0.15) is 5.69 Å². The fourth-order valence-electron chi connectivity index (χ4n) is 5.43. The van der Waals surface area contributed by atoms with Gasteiger partial charge in [0.25, 0.3) is 0 Å². The third kappa shape index (κ3) is 5.15. The molecular formula is C31H32N8. The van der Waals surface area contributed by atoms with Crippen LogP contribution in [0.1, 0.15) is 36.8 Å². The number of hydrogen-bond donors (Lipinski definition) is 3. The minimum absolute atomic E-state index is 0.679. The molecular weight excluding hydrogens is 484 g/mol. The summed E-state index contributed by atoms with van der Waals surface area (Å²) in [4.78, 5) is 21.3. The van der Waals surface area contributed by atoms with Crippen molar-refractivity contribution >= 4 is 33.7 Å². The van der Waals surface area contributed by atoms with Crippen molar-refractivity contribution in [3.8, 4) is 22.6 Å². The average molecular weight is 517 g/mol. The zero-order valence-corrected chi connectivity index (χ0v) is 22.1. The van der Waals surface area contributed by atoms with Gasteiger partial charge in [-0.2, -0.15) is 5.10 Å². The van der Waals surface area contributed by atoms with E-state index in [0.29, 0.717) is 5.82 Å². The Morgan fingerprint density at radius 2 is 1.95 bits per heavy atom. The lowest BCUT2D eigenvalue weighted by atomic mass is 10.0. The number of benzene rings is 1. The highest BCUT2D eigenvalue weighted by Gasteiger charge is 2.17. The molecule has 1 aromatic carbocycles. The van der Waals surface area contributed by atoms with Crippen LogP contribution in [-0.4, -0.2) is 49.9 Å². The van der Waals surface area contributed by atoms with E-state index in [0.717, 1.165) is 68.9 Å². The zero-order chi connectivity index (χ0) is 26.6. The summed E-state index contributed by atoms with van der Waals surface area (Å²) in [6.07, 6.45) is 18.3. The van der Waals surface area contributed by atoms with E-state index in [4.69, 9.17) is 4.98 Å². The smallest absolute Gasteiger partial charge is 0.159 e. The van der Waals surface area contributed by atoms with Gasteiger partial charge in [-0.1, -0.05) is 31.6 Å². The summed E-state index contributed by atoms with van der Waals surface area (Å²) >= 11 is 0. The Morgan fingerprint density at radius 3 is 2.79 bits per heavy atom. The monoisotopic (exact) mass is 516 g/mol. The Labute approximate surface area is 227 Å². The largest absolute Gasteiger partial charge is 0.335 e. The summed E-state index contributed by atoms with van der Waals surface area (Å²) in [5, 5.41) is 12.4. The van der Waals surface area contributed by atoms with Crippen LogP contribution in [0.15, 0.2) is 72.8 Å². The molecule has 8 heteroatoms. The van der Waals surface area contributed by atoms with Crippen molar-refractivity contribution < 1.29 is 0 Å². The predicted octanol–water partition coefficient (Wildman–Crippen LogP) is 6.11. The fraction of sp³-hybridized carbons (Fsp3) is 0.258. The second kappa shape index (κ2) is 11.1. The molecule has 0 atom stereocenters. The number of nitrogens with zero attached hydrogens (tertiary/aromatic N) is 5. The molecule has 0 radical (unpaired) electrons. The van der Waals surface area contributed by atoms with Crippen molar-refractivity contribution in [2.45, 2.75) is 32.2 Å². The van der Waals surface area contributed by atoms with E-state index in [9.17, 15) is 0 Å². The van der Waals surface area contributed by atoms with E-state index in [2.05, 4.69) is 66.3 Å². The summed E-state index contributed by atoms with van der Waals surface area (Å²) in [6.45, 7) is 5.86. The molecule has 3 N–H and O–H groups in total. The number of rotatable bonds is 9. The Morgan fingerprint density at radius 1 is 1.08 bits per heavy atom. The van der Waals surface area contributed by atoms with Crippen molar-refractivity contribution in [2.75, 3.05) is 13.6 Å². The summed E-state index contributed by atoms with van der Waals surface area (Å²) < 4.78 is 0. The quantitative estimate of drug-likeness (QED) is 0.162. The Balaban J connectivity index is 1.31. The number of imidazole rings is 1. The number of nitrogens with one attached hydrogen (secondary N) is 3. The van der Waals surface area contributed by atoms with Crippen LogP contribution in [0.3, 0.4) is 0 Å². The van der Waals surface area contributed by atoms with E-state index in [1.807, 2.05) is 18.5 Å². The van der Waals surface area contributed by atoms with Gasteiger partial charge in [-0.15, -0.1) is 0 Å². The highest BCUT2D eigenvalue weighted by atomic mass is 15.1. The fourth-order valence-corrected chi connectivity index (χ4v) is 5.43. The van der Waals surface area contributed by atoms with Gasteiger partial charge in [0.2, 0.25) is 0 Å². The predicted molar refractivity (Wildman–Crippen MR) is 158 cm³/mol. The van der Waals surface area contributed by atoms with Gasteiger partial charge in [0, 0.05) is 54.9 Å². The van der Waals surface area contributed by atoms with Crippen LogP contribution in [0.4, 0.5) is 0 Å². The Hall–Kier alpha value is -4.43. The Bertz CT molecular complexity index is 1680. The number of allylic oxidation sites excluding steroid dienone is 3. The molecule has 8 nitrogen and oxygen atoms in total.